The lowest BCUT2D eigenvalue weighted by Crippen LogP contribution is -2.21. The van der Waals surface area contributed by atoms with E-state index in [9.17, 15) is 14.0 Å². The number of nitrogens with one attached hydrogen (secondary N) is 2. The van der Waals surface area contributed by atoms with Crippen LogP contribution in [-0.2, 0) is 6.42 Å². The Morgan fingerprint density at radius 2 is 1.79 bits per heavy atom. The van der Waals surface area contributed by atoms with Crippen molar-refractivity contribution < 1.29 is 14.0 Å². The molecule has 3 aromatic rings. The summed E-state index contributed by atoms with van der Waals surface area (Å²) < 4.78 is 13.1. The molecule has 3 heterocycles. The van der Waals surface area contributed by atoms with E-state index in [-0.39, 0.29) is 5.56 Å². The number of nitrogens with zero attached hydrogens (tertiary/aromatic N) is 2. The SMILES string of the molecule is NC(=O)c1cccc2c1Nc1c(C(N)=O)cnc(Nc3ccc(F)cn3)c1C2. The Hall–Kier alpha value is -4.01. The van der Waals surface area contributed by atoms with Crippen LogP contribution < -0.4 is 22.1 Å². The van der Waals surface area contributed by atoms with Crippen molar-refractivity contribution in [2.45, 2.75) is 6.42 Å². The second-order valence-corrected chi connectivity index (χ2v) is 6.23. The monoisotopic (exact) mass is 378 g/mol. The third kappa shape index (κ3) is 2.98. The molecule has 2 aromatic heterocycles. The lowest BCUT2D eigenvalue weighted by Gasteiger charge is -2.26. The summed E-state index contributed by atoms with van der Waals surface area (Å²) in [5.74, 6) is -0.889. The fourth-order valence-corrected chi connectivity index (χ4v) is 3.15. The Labute approximate surface area is 158 Å². The number of nitrogens with two attached hydrogens (primary N) is 2. The third-order valence-corrected chi connectivity index (χ3v) is 4.45. The number of anilines is 4. The second-order valence-electron chi connectivity index (χ2n) is 6.23. The minimum atomic E-state index is -0.664. The Balaban J connectivity index is 1.82. The van der Waals surface area contributed by atoms with Gasteiger partial charge < -0.3 is 22.1 Å². The van der Waals surface area contributed by atoms with E-state index in [0.717, 1.165) is 11.8 Å². The van der Waals surface area contributed by atoms with E-state index in [0.29, 0.717) is 40.6 Å². The molecule has 0 aliphatic carbocycles. The van der Waals surface area contributed by atoms with Crippen molar-refractivity contribution in [2.75, 3.05) is 10.6 Å². The number of benzene rings is 1. The molecule has 2 amide bonds. The molecule has 0 saturated carbocycles. The van der Waals surface area contributed by atoms with Gasteiger partial charge in [0.15, 0.2) is 0 Å². The molecule has 1 aliphatic heterocycles. The molecule has 0 unspecified atom stereocenters. The van der Waals surface area contributed by atoms with Gasteiger partial charge in [-0.1, -0.05) is 12.1 Å². The van der Waals surface area contributed by atoms with E-state index in [1.165, 1.54) is 18.3 Å². The Morgan fingerprint density at radius 1 is 1.00 bits per heavy atom. The van der Waals surface area contributed by atoms with Crippen LogP contribution in [0.4, 0.5) is 27.4 Å². The molecule has 9 heteroatoms. The zero-order valence-electron chi connectivity index (χ0n) is 14.5. The molecule has 1 aliphatic rings. The van der Waals surface area contributed by atoms with Crippen LogP contribution in [0.2, 0.25) is 0 Å². The van der Waals surface area contributed by atoms with Crippen molar-refractivity contribution in [3.05, 3.63) is 70.8 Å². The van der Waals surface area contributed by atoms with Crippen LogP contribution in [0.1, 0.15) is 31.8 Å². The number of hydrogen-bond donors (Lipinski definition) is 4. The van der Waals surface area contributed by atoms with Crippen molar-refractivity contribution in [3.63, 3.8) is 0 Å². The van der Waals surface area contributed by atoms with Gasteiger partial charge in [0.25, 0.3) is 11.8 Å². The fourth-order valence-electron chi connectivity index (χ4n) is 3.15. The Kier molecular flexibility index (Phi) is 4.11. The van der Waals surface area contributed by atoms with Crippen molar-refractivity contribution in [1.29, 1.82) is 0 Å². The van der Waals surface area contributed by atoms with E-state index in [2.05, 4.69) is 20.6 Å². The molecule has 28 heavy (non-hydrogen) atoms. The number of rotatable bonds is 4. The molecule has 1 aromatic carbocycles. The molecule has 8 nitrogen and oxygen atoms in total. The van der Waals surface area contributed by atoms with E-state index in [4.69, 9.17) is 11.5 Å². The van der Waals surface area contributed by atoms with Crippen LogP contribution in [0.5, 0.6) is 0 Å². The lowest BCUT2D eigenvalue weighted by molar-refractivity contribution is 0.0993. The number of aromatic nitrogens is 2. The summed E-state index contributed by atoms with van der Waals surface area (Å²) in [5, 5.41) is 6.13. The van der Waals surface area contributed by atoms with E-state index in [1.807, 2.05) is 6.07 Å². The van der Waals surface area contributed by atoms with Crippen molar-refractivity contribution >= 4 is 34.8 Å². The van der Waals surface area contributed by atoms with Crippen LogP contribution in [0.25, 0.3) is 0 Å². The van der Waals surface area contributed by atoms with E-state index in [1.54, 1.807) is 12.1 Å². The number of carbonyl (C=O) groups excluding carboxylic acids is 2. The largest absolute Gasteiger partial charge is 0.366 e. The van der Waals surface area contributed by atoms with E-state index < -0.39 is 17.6 Å². The predicted octanol–water partition coefficient (Wildman–Crippen LogP) is 2.20. The maximum atomic E-state index is 13.1. The van der Waals surface area contributed by atoms with E-state index >= 15 is 0 Å². The highest BCUT2D eigenvalue weighted by Crippen LogP contribution is 2.40. The number of hydrogen-bond acceptors (Lipinski definition) is 6. The van der Waals surface area contributed by atoms with Gasteiger partial charge in [-0.2, -0.15) is 0 Å². The van der Waals surface area contributed by atoms with Gasteiger partial charge in [0, 0.05) is 18.2 Å². The summed E-state index contributed by atoms with van der Waals surface area (Å²) in [7, 11) is 0. The molecule has 140 valence electrons. The first-order valence-electron chi connectivity index (χ1n) is 8.33. The van der Waals surface area contributed by atoms with Crippen LogP contribution >= 0.6 is 0 Å². The first-order valence-corrected chi connectivity index (χ1v) is 8.33. The fraction of sp³-hybridized carbons (Fsp3) is 0.0526. The van der Waals surface area contributed by atoms with Gasteiger partial charge in [0.2, 0.25) is 0 Å². The second kappa shape index (κ2) is 6.62. The number of para-hydroxylation sites is 1. The zero-order valence-corrected chi connectivity index (χ0v) is 14.5. The number of halogens is 1. The maximum absolute atomic E-state index is 13.1. The van der Waals surface area contributed by atoms with Gasteiger partial charge >= 0.3 is 0 Å². The first kappa shape index (κ1) is 17.4. The van der Waals surface area contributed by atoms with Gasteiger partial charge in [-0.15, -0.1) is 0 Å². The minimum absolute atomic E-state index is 0.178. The highest BCUT2D eigenvalue weighted by molar-refractivity contribution is 6.05. The quantitative estimate of drug-likeness (QED) is 0.430. The van der Waals surface area contributed by atoms with Gasteiger partial charge in [0.05, 0.1) is 28.7 Å². The summed E-state index contributed by atoms with van der Waals surface area (Å²) in [6.45, 7) is 0. The third-order valence-electron chi connectivity index (χ3n) is 4.45. The van der Waals surface area contributed by atoms with Crippen molar-refractivity contribution in [1.82, 2.24) is 9.97 Å². The van der Waals surface area contributed by atoms with Gasteiger partial charge in [-0.25, -0.2) is 14.4 Å². The first-order chi connectivity index (χ1) is 13.4. The van der Waals surface area contributed by atoms with Gasteiger partial charge in [0.1, 0.15) is 17.5 Å². The van der Waals surface area contributed by atoms with Crippen LogP contribution in [-0.4, -0.2) is 21.8 Å². The van der Waals surface area contributed by atoms with Crippen molar-refractivity contribution in [3.8, 4) is 0 Å². The van der Waals surface area contributed by atoms with Crippen LogP contribution in [0.15, 0.2) is 42.7 Å². The molecule has 0 saturated heterocycles. The molecule has 0 fully saturated rings. The summed E-state index contributed by atoms with van der Waals surface area (Å²) in [4.78, 5) is 31.9. The maximum Gasteiger partial charge on any atom is 0.252 e. The molecule has 6 N–H and O–H groups in total. The minimum Gasteiger partial charge on any atom is -0.366 e. The van der Waals surface area contributed by atoms with Crippen molar-refractivity contribution in [2.24, 2.45) is 11.5 Å². The molecular weight excluding hydrogens is 363 g/mol. The summed E-state index contributed by atoms with van der Waals surface area (Å²) >= 11 is 0. The molecule has 0 bridgehead atoms. The molecule has 0 atom stereocenters. The standard InChI is InChI=1S/C19H15FN6O2/c20-10-4-5-14(23-7-10)25-19-12-6-9-2-1-3-11(17(21)27)15(9)26-16(12)13(8-24-19)18(22)28/h1-5,7-8,26H,6H2,(H2,21,27)(H2,22,28)(H,23,24,25). The van der Waals surface area contributed by atoms with Gasteiger partial charge in [-0.05, 0) is 23.8 Å². The number of primary amides is 2. The molecular formula is C19H15FN6O2. The smallest absolute Gasteiger partial charge is 0.252 e. The average molecular weight is 378 g/mol. The average Bonchev–Trinajstić information content (AvgIpc) is 2.67. The molecule has 0 spiro atoms. The topological polar surface area (TPSA) is 136 Å². The van der Waals surface area contributed by atoms with Gasteiger partial charge in [-0.3, -0.25) is 9.59 Å². The predicted molar refractivity (Wildman–Crippen MR) is 101 cm³/mol. The molecule has 4 rings (SSSR count). The Morgan fingerprint density at radius 3 is 2.46 bits per heavy atom. The lowest BCUT2D eigenvalue weighted by atomic mass is 9.93. The number of pyridine rings is 2. The normalized spacial score (nSPS) is 11.8. The highest BCUT2D eigenvalue weighted by Gasteiger charge is 2.26. The highest BCUT2D eigenvalue weighted by atomic mass is 19.1. The number of amides is 2. The Bertz CT molecular complexity index is 1110. The van der Waals surface area contributed by atoms with Crippen LogP contribution in [0, 0.1) is 5.82 Å². The number of carbonyl (C=O) groups is 2. The summed E-state index contributed by atoms with van der Waals surface area (Å²) in [6.07, 6.45) is 2.79. The summed E-state index contributed by atoms with van der Waals surface area (Å²) in [6, 6.07) is 7.92. The van der Waals surface area contributed by atoms with Crippen LogP contribution in [0.3, 0.4) is 0 Å². The zero-order chi connectivity index (χ0) is 19.8. The summed E-state index contributed by atoms with van der Waals surface area (Å²) in [5.41, 5.74) is 13.9. The molecule has 0 radical (unpaired) electrons. The number of fused-ring (bicyclic) bond motifs is 2.